The Balaban J connectivity index is 1.96. The SMILES string of the molecule is Cc1nn(C)c(CN2C(=O)NC(=O)C23CCCC3)c1Cl. The van der Waals surface area contributed by atoms with Gasteiger partial charge in [-0.15, -0.1) is 0 Å². The lowest BCUT2D eigenvalue weighted by atomic mass is 9.96. The number of urea groups is 1. The predicted octanol–water partition coefficient (Wildman–Crippen LogP) is 1.75. The fourth-order valence-corrected chi connectivity index (χ4v) is 3.50. The Morgan fingerprint density at radius 3 is 2.55 bits per heavy atom. The quantitative estimate of drug-likeness (QED) is 0.846. The second-order valence-corrected chi connectivity index (χ2v) is 5.93. The monoisotopic (exact) mass is 296 g/mol. The van der Waals surface area contributed by atoms with Crippen molar-refractivity contribution in [1.82, 2.24) is 20.0 Å². The Kier molecular flexibility index (Phi) is 3.01. The summed E-state index contributed by atoms with van der Waals surface area (Å²) in [6.07, 6.45) is 3.38. The number of nitrogens with one attached hydrogen (secondary N) is 1. The molecule has 1 aromatic rings. The lowest BCUT2D eigenvalue weighted by Crippen LogP contribution is -2.47. The van der Waals surface area contributed by atoms with Crippen molar-refractivity contribution in [2.24, 2.45) is 7.05 Å². The van der Waals surface area contributed by atoms with E-state index in [1.165, 1.54) is 0 Å². The number of aryl methyl sites for hydroxylation is 2. The molecule has 3 rings (SSSR count). The summed E-state index contributed by atoms with van der Waals surface area (Å²) in [4.78, 5) is 25.9. The summed E-state index contributed by atoms with van der Waals surface area (Å²) in [5, 5.41) is 7.26. The van der Waals surface area contributed by atoms with Crippen LogP contribution in [0.2, 0.25) is 5.02 Å². The van der Waals surface area contributed by atoms with Gasteiger partial charge in [-0.25, -0.2) is 4.79 Å². The third-order valence-electron chi connectivity index (χ3n) is 4.41. The zero-order chi connectivity index (χ0) is 14.5. The van der Waals surface area contributed by atoms with Crippen molar-refractivity contribution in [3.8, 4) is 0 Å². The van der Waals surface area contributed by atoms with E-state index in [9.17, 15) is 9.59 Å². The summed E-state index contributed by atoms with van der Waals surface area (Å²) in [6.45, 7) is 2.14. The molecule has 20 heavy (non-hydrogen) atoms. The number of hydrogen-bond acceptors (Lipinski definition) is 3. The normalized spacial score (nSPS) is 21.1. The van der Waals surface area contributed by atoms with Gasteiger partial charge in [-0.3, -0.25) is 14.8 Å². The number of carbonyl (C=O) groups excluding carboxylic acids is 2. The topological polar surface area (TPSA) is 67.2 Å². The van der Waals surface area contributed by atoms with E-state index in [1.54, 1.807) is 16.6 Å². The van der Waals surface area contributed by atoms with Crippen molar-refractivity contribution in [3.05, 3.63) is 16.4 Å². The molecular formula is C13H17ClN4O2. The van der Waals surface area contributed by atoms with Crippen LogP contribution in [0.5, 0.6) is 0 Å². The van der Waals surface area contributed by atoms with Gasteiger partial charge >= 0.3 is 6.03 Å². The van der Waals surface area contributed by atoms with Crippen LogP contribution in [0.3, 0.4) is 0 Å². The first-order chi connectivity index (χ1) is 9.45. The van der Waals surface area contributed by atoms with Crippen LogP contribution in [-0.4, -0.2) is 32.2 Å². The van der Waals surface area contributed by atoms with E-state index in [0.29, 0.717) is 11.6 Å². The lowest BCUT2D eigenvalue weighted by molar-refractivity contribution is -0.126. The maximum atomic E-state index is 12.2. The molecule has 1 N–H and O–H groups in total. The molecule has 0 aromatic carbocycles. The first kappa shape index (κ1) is 13.4. The molecule has 0 bridgehead atoms. The van der Waals surface area contributed by atoms with E-state index >= 15 is 0 Å². The first-order valence-electron chi connectivity index (χ1n) is 6.77. The summed E-state index contributed by atoms with van der Waals surface area (Å²) in [5.41, 5.74) is 0.814. The highest BCUT2D eigenvalue weighted by Gasteiger charge is 2.54. The highest BCUT2D eigenvalue weighted by molar-refractivity contribution is 6.31. The van der Waals surface area contributed by atoms with Crippen LogP contribution in [0.4, 0.5) is 4.79 Å². The van der Waals surface area contributed by atoms with Gasteiger partial charge in [0, 0.05) is 7.05 Å². The average molecular weight is 297 g/mol. The van der Waals surface area contributed by atoms with Crippen molar-refractivity contribution >= 4 is 23.5 Å². The maximum Gasteiger partial charge on any atom is 0.325 e. The molecule has 1 aliphatic carbocycles. The molecule has 6 nitrogen and oxygen atoms in total. The van der Waals surface area contributed by atoms with Crippen molar-refractivity contribution in [3.63, 3.8) is 0 Å². The number of hydrogen-bond donors (Lipinski definition) is 1. The first-order valence-corrected chi connectivity index (χ1v) is 7.14. The van der Waals surface area contributed by atoms with Gasteiger partial charge < -0.3 is 4.90 Å². The minimum atomic E-state index is -0.682. The van der Waals surface area contributed by atoms with Crippen LogP contribution in [0.25, 0.3) is 0 Å². The number of aromatic nitrogens is 2. The third kappa shape index (κ3) is 1.74. The Labute approximate surface area is 122 Å². The van der Waals surface area contributed by atoms with E-state index in [1.807, 2.05) is 6.92 Å². The Hall–Kier alpha value is -1.56. The van der Waals surface area contributed by atoms with Gasteiger partial charge in [-0.05, 0) is 19.8 Å². The van der Waals surface area contributed by atoms with Gasteiger partial charge in [0.2, 0.25) is 0 Å². The van der Waals surface area contributed by atoms with Crippen LogP contribution in [-0.2, 0) is 18.4 Å². The average Bonchev–Trinajstić information content (AvgIpc) is 3.01. The van der Waals surface area contributed by atoms with Gasteiger partial charge in [0.05, 0.1) is 23.0 Å². The summed E-state index contributed by atoms with van der Waals surface area (Å²) in [7, 11) is 1.80. The third-order valence-corrected chi connectivity index (χ3v) is 4.90. The van der Waals surface area contributed by atoms with Gasteiger partial charge in [-0.2, -0.15) is 5.10 Å². The van der Waals surface area contributed by atoms with Crippen molar-refractivity contribution in [1.29, 1.82) is 0 Å². The molecule has 1 saturated heterocycles. The maximum absolute atomic E-state index is 12.2. The minimum Gasteiger partial charge on any atom is -0.304 e. The Bertz CT molecular complexity index is 589. The number of amides is 3. The van der Waals surface area contributed by atoms with Gasteiger partial charge in [0.15, 0.2) is 0 Å². The van der Waals surface area contributed by atoms with Crippen LogP contribution in [0.15, 0.2) is 0 Å². The van der Waals surface area contributed by atoms with Crippen molar-refractivity contribution < 1.29 is 9.59 Å². The number of rotatable bonds is 2. The molecule has 2 fully saturated rings. The molecule has 7 heteroatoms. The van der Waals surface area contributed by atoms with Crippen LogP contribution >= 0.6 is 11.6 Å². The predicted molar refractivity (Wildman–Crippen MR) is 73.2 cm³/mol. The molecular weight excluding hydrogens is 280 g/mol. The zero-order valence-electron chi connectivity index (χ0n) is 11.6. The fraction of sp³-hybridized carbons (Fsp3) is 0.615. The minimum absolute atomic E-state index is 0.171. The van der Waals surface area contributed by atoms with Crippen LogP contribution in [0, 0.1) is 6.92 Å². The smallest absolute Gasteiger partial charge is 0.304 e. The Morgan fingerprint density at radius 1 is 1.35 bits per heavy atom. The number of nitrogens with zero attached hydrogens (tertiary/aromatic N) is 3. The van der Waals surface area contributed by atoms with E-state index in [0.717, 1.165) is 37.1 Å². The fourth-order valence-electron chi connectivity index (χ4n) is 3.28. The summed E-state index contributed by atoms with van der Waals surface area (Å²) >= 11 is 6.25. The largest absolute Gasteiger partial charge is 0.325 e. The number of halogens is 1. The molecule has 0 radical (unpaired) electrons. The van der Waals surface area contributed by atoms with E-state index < -0.39 is 5.54 Å². The molecule has 3 amide bonds. The standard InChI is InChI=1S/C13H17ClN4O2/c1-8-10(14)9(17(2)16-8)7-18-12(20)15-11(19)13(18)5-3-4-6-13/h3-7H2,1-2H3,(H,15,19,20). The molecule has 1 aliphatic heterocycles. The van der Waals surface area contributed by atoms with Gasteiger partial charge in [0.25, 0.3) is 5.91 Å². The number of imide groups is 1. The molecule has 2 heterocycles. The second-order valence-electron chi connectivity index (χ2n) is 5.55. The van der Waals surface area contributed by atoms with Crippen molar-refractivity contribution in [2.45, 2.75) is 44.7 Å². The molecule has 1 saturated carbocycles. The molecule has 1 spiro atoms. The van der Waals surface area contributed by atoms with Gasteiger partial charge in [0.1, 0.15) is 5.54 Å². The number of carbonyl (C=O) groups is 2. The van der Waals surface area contributed by atoms with E-state index in [4.69, 9.17) is 11.6 Å². The summed E-state index contributed by atoms with van der Waals surface area (Å²) < 4.78 is 1.68. The highest BCUT2D eigenvalue weighted by atomic mass is 35.5. The molecule has 108 valence electrons. The second kappa shape index (κ2) is 4.48. The van der Waals surface area contributed by atoms with Crippen LogP contribution < -0.4 is 5.32 Å². The molecule has 1 aromatic heterocycles. The molecule has 0 unspecified atom stereocenters. The molecule has 0 atom stereocenters. The Morgan fingerprint density at radius 2 is 2.00 bits per heavy atom. The van der Waals surface area contributed by atoms with E-state index in [2.05, 4.69) is 10.4 Å². The summed E-state index contributed by atoms with van der Waals surface area (Å²) in [5.74, 6) is -0.171. The lowest BCUT2D eigenvalue weighted by Gasteiger charge is -2.31. The highest BCUT2D eigenvalue weighted by Crippen LogP contribution is 2.40. The molecule has 2 aliphatic rings. The van der Waals surface area contributed by atoms with Crippen LogP contribution in [0.1, 0.15) is 37.1 Å². The van der Waals surface area contributed by atoms with Crippen molar-refractivity contribution in [2.75, 3.05) is 0 Å². The van der Waals surface area contributed by atoms with E-state index in [-0.39, 0.29) is 11.9 Å². The zero-order valence-corrected chi connectivity index (χ0v) is 12.3. The van der Waals surface area contributed by atoms with Gasteiger partial charge in [-0.1, -0.05) is 24.4 Å². The summed E-state index contributed by atoms with van der Waals surface area (Å²) in [6, 6.07) is -0.327.